The van der Waals surface area contributed by atoms with Crippen LogP contribution in [0.4, 0.5) is 5.69 Å². The van der Waals surface area contributed by atoms with Crippen LogP contribution < -0.4 is 10.1 Å². The Hall–Kier alpha value is -2.33. The van der Waals surface area contributed by atoms with Crippen LogP contribution >= 0.6 is 0 Å². The zero-order valence-corrected chi connectivity index (χ0v) is 19.0. The first kappa shape index (κ1) is 21.9. The van der Waals surface area contributed by atoms with Gasteiger partial charge in [0.2, 0.25) is 5.91 Å². The van der Waals surface area contributed by atoms with E-state index in [2.05, 4.69) is 66.5 Å². The largest absolute Gasteiger partial charge is 0.491 e. The third-order valence-corrected chi connectivity index (χ3v) is 6.90. The van der Waals surface area contributed by atoms with Gasteiger partial charge in [-0.15, -0.1) is 0 Å². The second-order valence-corrected chi connectivity index (χ2v) is 9.50. The molecule has 0 unspecified atom stereocenters. The van der Waals surface area contributed by atoms with Crippen LogP contribution in [0.2, 0.25) is 0 Å². The van der Waals surface area contributed by atoms with Crippen LogP contribution in [0, 0.1) is 11.8 Å². The van der Waals surface area contributed by atoms with Crippen LogP contribution in [0.25, 0.3) is 0 Å². The number of nitrogens with zero attached hydrogens (tertiary/aromatic N) is 1. The fourth-order valence-electron chi connectivity index (χ4n) is 5.00. The van der Waals surface area contributed by atoms with Crippen molar-refractivity contribution in [3.05, 3.63) is 59.7 Å². The van der Waals surface area contributed by atoms with Gasteiger partial charge in [0, 0.05) is 13.0 Å². The average molecular weight is 421 g/mol. The van der Waals surface area contributed by atoms with E-state index in [0.717, 1.165) is 50.3 Å². The van der Waals surface area contributed by atoms with E-state index in [1.807, 2.05) is 6.07 Å². The van der Waals surface area contributed by atoms with Crippen molar-refractivity contribution in [2.24, 2.45) is 11.8 Å². The van der Waals surface area contributed by atoms with Crippen molar-refractivity contribution in [1.82, 2.24) is 4.90 Å². The Bertz CT molecular complexity index is 865. The molecule has 2 atom stereocenters. The van der Waals surface area contributed by atoms with Crippen LogP contribution in [-0.4, -0.2) is 37.0 Å². The molecule has 2 aromatic carbocycles. The van der Waals surface area contributed by atoms with Crippen LogP contribution in [0.1, 0.15) is 56.6 Å². The Morgan fingerprint density at radius 2 is 1.94 bits per heavy atom. The van der Waals surface area contributed by atoms with E-state index < -0.39 is 0 Å². The number of benzene rings is 2. The molecule has 31 heavy (non-hydrogen) atoms. The minimum atomic E-state index is 0.125. The van der Waals surface area contributed by atoms with Crippen molar-refractivity contribution < 1.29 is 9.53 Å². The third kappa shape index (κ3) is 5.88. The lowest BCUT2D eigenvalue weighted by Crippen LogP contribution is -2.42. The minimum Gasteiger partial charge on any atom is -0.491 e. The normalized spacial score (nSPS) is 22.2. The van der Waals surface area contributed by atoms with Gasteiger partial charge in [0.1, 0.15) is 5.75 Å². The van der Waals surface area contributed by atoms with E-state index in [0.29, 0.717) is 30.8 Å². The van der Waals surface area contributed by atoms with Crippen LogP contribution in [0.5, 0.6) is 5.75 Å². The molecule has 0 aromatic heterocycles. The summed E-state index contributed by atoms with van der Waals surface area (Å²) in [6.07, 6.45) is 5.05. The zero-order valence-electron chi connectivity index (χ0n) is 19.0. The zero-order chi connectivity index (χ0) is 21.6. The number of aryl methyl sites for hydroxylation is 1. The van der Waals surface area contributed by atoms with Crippen molar-refractivity contribution in [3.63, 3.8) is 0 Å². The van der Waals surface area contributed by atoms with Crippen LogP contribution in [0.15, 0.2) is 48.5 Å². The lowest BCUT2D eigenvalue weighted by molar-refractivity contribution is -0.118. The maximum Gasteiger partial charge on any atom is 0.224 e. The van der Waals surface area contributed by atoms with Gasteiger partial charge >= 0.3 is 0 Å². The number of fused-ring (bicyclic) bond motifs is 2. The SMILES string of the molecule is CC(C)c1ccc2c(c1)NC(=O)C[C@@H]1CCN(CCCc3ccccc3)C[C@@H]1CCO2. The summed E-state index contributed by atoms with van der Waals surface area (Å²) in [4.78, 5) is 15.4. The molecule has 2 aliphatic heterocycles. The number of piperidine rings is 1. The summed E-state index contributed by atoms with van der Waals surface area (Å²) in [6, 6.07) is 16.9. The summed E-state index contributed by atoms with van der Waals surface area (Å²) in [7, 11) is 0. The molecular weight excluding hydrogens is 384 g/mol. The molecule has 0 spiro atoms. The molecule has 2 aromatic rings. The number of carbonyl (C=O) groups is 1. The van der Waals surface area contributed by atoms with Gasteiger partial charge in [-0.05, 0) is 79.8 Å². The van der Waals surface area contributed by atoms with Gasteiger partial charge in [0.05, 0.1) is 12.3 Å². The van der Waals surface area contributed by atoms with Crippen molar-refractivity contribution in [1.29, 1.82) is 0 Å². The van der Waals surface area contributed by atoms with E-state index in [9.17, 15) is 4.79 Å². The molecule has 0 aliphatic carbocycles. The molecule has 0 bridgehead atoms. The number of hydrogen-bond acceptors (Lipinski definition) is 3. The minimum absolute atomic E-state index is 0.125. The number of ether oxygens (including phenoxy) is 1. The molecule has 4 heteroatoms. The fourth-order valence-corrected chi connectivity index (χ4v) is 5.00. The van der Waals surface area contributed by atoms with E-state index >= 15 is 0 Å². The topological polar surface area (TPSA) is 41.6 Å². The number of nitrogens with one attached hydrogen (secondary N) is 1. The van der Waals surface area contributed by atoms with E-state index in [1.54, 1.807) is 0 Å². The average Bonchev–Trinajstić information content (AvgIpc) is 2.76. The summed E-state index contributed by atoms with van der Waals surface area (Å²) >= 11 is 0. The van der Waals surface area contributed by atoms with Crippen molar-refractivity contribution in [2.45, 2.75) is 51.9 Å². The first-order valence-corrected chi connectivity index (χ1v) is 11.9. The van der Waals surface area contributed by atoms with Crippen molar-refractivity contribution >= 4 is 11.6 Å². The molecule has 1 amide bonds. The second-order valence-electron chi connectivity index (χ2n) is 9.50. The van der Waals surface area contributed by atoms with Gasteiger partial charge in [-0.1, -0.05) is 50.2 Å². The monoisotopic (exact) mass is 420 g/mol. The first-order chi connectivity index (χ1) is 15.1. The molecule has 2 aliphatic rings. The lowest BCUT2D eigenvalue weighted by atomic mass is 9.81. The maximum atomic E-state index is 12.8. The number of rotatable bonds is 5. The molecule has 166 valence electrons. The predicted molar refractivity (Wildman–Crippen MR) is 127 cm³/mol. The highest BCUT2D eigenvalue weighted by Crippen LogP contribution is 2.34. The summed E-state index contributed by atoms with van der Waals surface area (Å²) in [5.74, 6) is 2.32. The molecule has 0 radical (unpaired) electrons. The quantitative estimate of drug-likeness (QED) is 0.695. The van der Waals surface area contributed by atoms with Crippen molar-refractivity contribution in [2.75, 3.05) is 31.6 Å². The summed E-state index contributed by atoms with van der Waals surface area (Å²) in [5.41, 5.74) is 3.47. The van der Waals surface area contributed by atoms with E-state index in [1.165, 1.54) is 17.5 Å². The maximum absolute atomic E-state index is 12.8. The Labute approximate surface area is 187 Å². The molecule has 4 rings (SSSR count). The number of amides is 1. The third-order valence-electron chi connectivity index (χ3n) is 6.90. The number of hydrogen-bond donors (Lipinski definition) is 1. The predicted octanol–water partition coefficient (Wildman–Crippen LogP) is 5.49. The molecule has 0 saturated carbocycles. The molecule has 1 saturated heterocycles. The fraction of sp³-hybridized carbons (Fsp3) is 0.519. The van der Waals surface area contributed by atoms with Gasteiger partial charge in [-0.25, -0.2) is 0 Å². The van der Waals surface area contributed by atoms with Crippen LogP contribution in [0.3, 0.4) is 0 Å². The molecule has 1 fully saturated rings. The van der Waals surface area contributed by atoms with E-state index in [4.69, 9.17) is 4.74 Å². The highest BCUT2D eigenvalue weighted by atomic mass is 16.5. The van der Waals surface area contributed by atoms with Gasteiger partial charge in [-0.3, -0.25) is 4.79 Å². The van der Waals surface area contributed by atoms with Gasteiger partial charge in [0.25, 0.3) is 0 Å². The van der Waals surface area contributed by atoms with Crippen LogP contribution in [-0.2, 0) is 11.2 Å². The Morgan fingerprint density at radius 3 is 2.74 bits per heavy atom. The summed E-state index contributed by atoms with van der Waals surface area (Å²) < 4.78 is 6.14. The highest BCUT2D eigenvalue weighted by molar-refractivity contribution is 5.92. The Morgan fingerprint density at radius 1 is 1.10 bits per heavy atom. The molecule has 1 N–H and O–H groups in total. The Balaban J connectivity index is 1.36. The molecule has 4 nitrogen and oxygen atoms in total. The number of anilines is 1. The molecule has 2 heterocycles. The standard InChI is InChI=1S/C27H36N2O2/c1-20(2)22-10-11-26-25(17-22)28-27(30)18-23-12-15-29(19-24(23)13-16-31-26)14-6-9-21-7-4-3-5-8-21/h3-5,7-8,10-11,17,20,23-24H,6,9,12-16,18-19H2,1-2H3,(H,28,30)/t23-,24-/m0/s1. The van der Waals surface area contributed by atoms with Gasteiger partial charge in [0.15, 0.2) is 0 Å². The van der Waals surface area contributed by atoms with Gasteiger partial charge < -0.3 is 15.0 Å². The van der Waals surface area contributed by atoms with E-state index in [-0.39, 0.29) is 5.91 Å². The number of likely N-dealkylation sites (tertiary alicyclic amines) is 1. The first-order valence-electron chi connectivity index (χ1n) is 11.9. The highest BCUT2D eigenvalue weighted by Gasteiger charge is 2.31. The molecular formula is C27H36N2O2. The Kier molecular flexibility index (Phi) is 7.29. The summed E-state index contributed by atoms with van der Waals surface area (Å²) in [6.45, 7) is 8.36. The number of carbonyl (C=O) groups excluding carboxylic acids is 1. The second kappa shape index (κ2) is 10.3. The van der Waals surface area contributed by atoms with Crippen molar-refractivity contribution in [3.8, 4) is 5.75 Å². The summed E-state index contributed by atoms with van der Waals surface area (Å²) in [5, 5.41) is 3.14. The lowest BCUT2D eigenvalue weighted by Gasteiger charge is -2.39. The smallest absolute Gasteiger partial charge is 0.224 e. The van der Waals surface area contributed by atoms with Gasteiger partial charge in [-0.2, -0.15) is 0 Å².